The van der Waals surface area contributed by atoms with E-state index in [1.54, 1.807) is 0 Å². The third-order valence-corrected chi connectivity index (χ3v) is 5.25. The van der Waals surface area contributed by atoms with Crippen molar-refractivity contribution in [3.8, 4) is 17.0 Å². The summed E-state index contributed by atoms with van der Waals surface area (Å²) in [5, 5.41) is 4.49. The van der Waals surface area contributed by atoms with Crippen LogP contribution < -0.4 is 15.6 Å². The number of nitrogens with one attached hydrogen (secondary N) is 2. The van der Waals surface area contributed by atoms with E-state index in [4.69, 9.17) is 9.72 Å². The van der Waals surface area contributed by atoms with Crippen LogP contribution in [0.15, 0.2) is 53.5 Å². The molecule has 0 spiro atoms. The van der Waals surface area contributed by atoms with Crippen molar-refractivity contribution < 1.29 is 4.74 Å². The number of H-pyrrole nitrogens is 1. The van der Waals surface area contributed by atoms with Crippen molar-refractivity contribution >= 4 is 22.4 Å². The Morgan fingerprint density at radius 3 is 2.76 bits per heavy atom. The minimum atomic E-state index is -0.164. The molecule has 3 heterocycles. The number of aromatic amines is 1. The topological polar surface area (TPSA) is 71.4 Å². The molecule has 0 fully saturated rings. The van der Waals surface area contributed by atoms with Crippen LogP contribution in [0.1, 0.15) is 34.1 Å². The molecule has 29 heavy (non-hydrogen) atoms. The molecule has 6 nitrogen and oxygen atoms in total. The lowest BCUT2D eigenvalue weighted by molar-refractivity contribution is 0.340. The van der Waals surface area contributed by atoms with Crippen LogP contribution >= 0.6 is 0 Å². The molecule has 150 valence electrons. The Kier molecular flexibility index (Phi) is 4.78. The van der Waals surface area contributed by atoms with Crippen LogP contribution in [0.25, 0.3) is 27.8 Å². The summed E-state index contributed by atoms with van der Waals surface area (Å²) in [5.74, 6) is 1.59. The third-order valence-electron chi connectivity index (χ3n) is 5.25. The van der Waals surface area contributed by atoms with Gasteiger partial charge in [-0.2, -0.15) is 0 Å². The van der Waals surface area contributed by atoms with E-state index in [0.717, 1.165) is 34.5 Å². The lowest BCUT2D eigenvalue weighted by Crippen LogP contribution is -2.30. The van der Waals surface area contributed by atoms with E-state index < -0.39 is 0 Å². The van der Waals surface area contributed by atoms with Gasteiger partial charge >= 0.3 is 0 Å². The van der Waals surface area contributed by atoms with E-state index in [0.29, 0.717) is 17.9 Å². The van der Waals surface area contributed by atoms with Gasteiger partial charge in [0, 0.05) is 22.6 Å². The molecule has 3 aromatic heterocycles. The average Bonchev–Trinajstić information content (AvgIpc) is 3.05. The van der Waals surface area contributed by atoms with Crippen molar-refractivity contribution in [3.05, 3.63) is 59.0 Å². The quantitative estimate of drug-likeness (QED) is 0.494. The van der Waals surface area contributed by atoms with Gasteiger partial charge in [-0.25, -0.2) is 4.98 Å². The first-order valence-corrected chi connectivity index (χ1v) is 9.97. The summed E-state index contributed by atoms with van der Waals surface area (Å²) in [4.78, 5) is 20.7. The smallest absolute Gasteiger partial charge is 0.258 e. The second-order valence-corrected chi connectivity index (χ2v) is 7.79. The van der Waals surface area contributed by atoms with Crippen LogP contribution in [-0.4, -0.2) is 26.5 Å². The van der Waals surface area contributed by atoms with Gasteiger partial charge in [0.1, 0.15) is 22.9 Å². The fraction of sp³-hybridized carbons (Fsp3) is 0.304. The highest BCUT2D eigenvalue weighted by Crippen LogP contribution is 2.31. The van der Waals surface area contributed by atoms with Crippen molar-refractivity contribution in [1.29, 1.82) is 0 Å². The zero-order valence-electron chi connectivity index (χ0n) is 17.2. The highest BCUT2D eigenvalue weighted by Gasteiger charge is 2.23. The first-order valence-electron chi connectivity index (χ1n) is 9.97. The maximum Gasteiger partial charge on any atom is 0.258 e. The normalized spacial score (nSPS) is 11.9. The SMILES string of the molecule is CCOc1ccc2[nH]c(=O)c(-c3nc4ccccn4c3NC(C)(C)CC)cc2c1. The molecule has 0 aliphatic rings. The number of pyridine rings is 2. The van der Waals surface area contributed by atoms with Crippen LogP contribution in [0.4, 0.5) is 5.82 Å². The fourth-order valence-electron chi connectivity index (χ4n) is 3.33. The molecule has 4 aromatic rings. The second-order valence-electron chi connectivity index (χ2n) is 7.79. The number of fused-ring (bicyclic) bond motifs is 2. The van der Waals surface area contributed by atoms with Gasteiger partial charge in [-0.05, 0) is 63.6 Å². The van der Waals surface area contributed by atoms with Gasteiger partial charge in [0.15, 0.2) is 0 Å². The van der Waals surface area contributed by atoms with Gasteiger partial charge in [0.25, 0.3) is 5.56 Å². The number of nitrogens with zero attached hydrogens (tertiary/aromatic N) is 2. The van der Waals surface area contributed by atoms with Crippen molar-refractivity contribution in [2.45, 2.75) is 39.7 Å². The van der Waals surface area contributed by atoms with E-state index in [9.17, 15) is 4.79 Å². The molecular formula is C23H26N4O2. The van der Waals surface area contributed by atoms with Crippen LogP contribution in [0.5, 0.6) is 5.75 Å². The molecular weight excluding hydrogens is 364 g/mol. The number of imidazole rings is 1. The van der Waals surface area contributed by atoms with E-state index in [-0.39, 0.29) is 11.1 Å². The van der Waals surface area contributed by atoms with Gasteiger partial charge in [0.2, 0.25) is 0 Å². The maximum absolute atomic E-state index is 12.9. The summed E-state index contributed by atoms with van der Waals surface area (Å²) in [5.41, 5.74) is 2.43. The van der Waals surface area contributed by atoms with Crippen LogP contribution in [0.3, 0.4) is 0 Å². The standard InChI is InChI=1S/C23H26N4O2/c1-5-23(3,4)26-21-20(25-19-9-7-8-12-27(19)21)17-14-15-13-16(29-6-2)10-11-18(15)24-22(17)28/h7-14,26H,5-6H2,1-4H3,(H,24,28). The molecule has 2 N–H and O–H groups in total. The Morgan fingerprint density at radius 2 is 2.00 bits per heavy atom. The van der Waals surface area contributed by atoms with E-state index in [1.807, 2.05) is 60.0 Å². The van der Waals surface area contributed by atoms with E-state index >= 15 is 0 Å². The van der Waals surface area contributed by atoms with Crippen LogP contribution in [0, 0.1) is 0 Å². The lowest BCUT2D eigenvalue weighted by Gasteiger charge is -2.26. The molecule has 0 amide bonds. The molecule has 0 atom stereocenters. The first kappa shape index (κ1) is 19.1. The summed E-state index contributed by atoms with van der Waals surface area (Å²) >= 11 is 0. The zero-order chi connectivity index (χ0) is 20.6. The first-order chi connectivity index (χ1) is 13.9. The van der Waals surface area contributed by atoms with Gasteiger partial charge in [-0.1, -0.05) is 13.0 Å². The molecule has 6 heteroatoms. The number of anilines is 1. The van der Waals surface area contributed by atoms with Gasteiger partial charge in [0.05, 0.1) is 12.2 Å². The summed E-state index contributed by atoms with van der Waals surface area (Å²) < 4.78 is 7.61. The maximum atomic E-state index is 12.9. The third kappa shape index (κ3) is 3.58. The minimum absolute atomic E-state index is 0.147. The minimum Gasteiger partial charge on any atom is -0.494 e. The van der Waals surface area contributed by atoms with Crippen molar-refractivity contribution in [2.75, 3.05) is 11.9 Å². The van der Waals surface area contributed by atoms with E-state index in [2.05, 4.69) is 31.1 Å². The molecule has 4 rings (SSSR count). The Morgan fingerprint density at radius 1 is 1.17 bits per heavy atom. The fourth-order valence-corrected chi connectivity index (χ4v) is 3.33. The predicted octanol–water partition coefficient (Wildman–Crippen LogP) is 4.84. The Balaban J connectivity index is 1.94. The Hall–Kier alpha value is -3.28. The Bertz CT molecular complexity index is 1240. The van der Waals surface area contributed by atoms with Gasteiger partial charge in [-0.3, -0.25) is 9.20 Å². The molecule has 0 unspecified atom stereocenters. The predicted molar refractivity (Wildman–Crippen MR) is 118 cm³/mol. The number of hydrogen-bond donors (Lipinski definition) is 2. The van der Waals surface area contributed by atoms with E-state index in [1.165, 1.54) is 0 Å². The van der Waals surface area contributed by atoms with Crippen molar-refractivity contribution in [1.82, 2.24) is 14.4 Å². The highest BCUT2D eigenvalue weighted by molar-refractivity contribution is 5.87. The second kappa shape index (κ2) is 7.28. The number of hydrogen-bond acceptors (Lipinski definition) is 4. The van der Waals surface area contributed by atoms with Gasteiger partial charge < -0.3 is 15.0 Å². The van der Waals surface area contributed by atoms with Gasteiger partial charge in [-0.15, -0.1) is 0 Å². The average molecular weight is 390 g/mol. The molecule has 1 aromatic carbocycles. The summed E-state index contributed by atoms with van der Waals surface area (Å²) in [6, 6.07) is 13.4. The molecule has 0 saturated heterocycles. The molecule has 0 radical (unpaired) electrons. The summed E-state index contributed by atoms with van der Waals surface area (Å²) in [6.45, 7) is 8.95. The molecule has 0 aliphatic carbocycles. The Labute approximate surface area is 169 Å². The molecule has 0 saturated carbocycles. The van der Waals surface area contributed by atoms with Crippen LogP contribution in [-0.2, 0) is 0 Å². The highest BCUT2D eigenvalue weighted by atomic mass is 16.5. The number of ether oxygens (including phenoxy) is 1. The number of rotatable bonds is 6. The monoisotopic (exact) mass is 390 g/mol. The zero-order valence-corrected chi connectivity index (χ0v) is 17.2. The molecule has 0 aliphatic heterocycles. The number of aromatic nitrogens is 3. The summed E-state index contributed by atoms with van der Waals surface area (Å²) in [6.07, 6.45) is 2.89. The number of benzene rings is 1. The largest absolute Gasteiger partial charge is 0.494 e. The molecule has 0 bridgehead atoms. The van der Waals surface area contributed by atoms with Crippen molar-refractivity contribution in [2.24, 2.45) is 0 Å². The van der Waals surface area contributed by atoms with Crippen molar-refractivity contribution in [3.63, 3.8) is 0 Å². The lowest BCUT2D eigenvalue weighted by atomic mass is 10.0. The van der Waals surface area contributed by atoms with Crippen LogP contribution in [0.2, 0.25) is 0 Å². The summed E-state index contributed by atoms with van der Waals surface area (Å²) in [7, 11) is 0.